The van der Waals surface area contributed by atoms with E-state index < -0.39 is 20.7 Å². The van der Waals surface area contributed by atoms with Crippen molar-refractivity contribution in [3.63, 3.8) is 0 Å². The highest BCUT2D eigenvalue weighted by atomic mass is 32.2. The smallest absolute Gasteiger partial charge is 0.265 e. The van der Waals surface area contributed by atoms with E-state index in [1.54, 1.807) is 7.11 Å². The van der Waals surface area contributed by atoms with Crippen molar-refractivity contribution in [3.8, 4) is 5.75 Å². The molecule has 1 aromatic carbocycles. The van der Waals surface area contributed by atoms with Crippen molar-refractivity contribution in [2.24, 2.45) is 5.92 Å². The number of likely N-dealkylation sites (tertiary alicyclic amines) is 1. The minimum absolute atomic E-state index is 0.188. The Bertz CT molecular complexity index is 1780. The first-order valence-corrected chi connectivity index (χ1v) is 17.0. The molecule has 8 rings (SSSR count). The fraction of sp³-hybridized carbons (Fsp3) is 0.515. The van der Waals surface area contributed by atoms with Gasteiger partial charge in [0, 0.05) is 48.7 Å². The van der Waals surface area contributed by atoms with Gasteiger partial charge in [-0.05, 0) is 80.5 Å². The van der Waals surface area contributed by atoms with Crippen LogP contribution in [0.5, 0.6) is 5.75 Å². The number of hydrogen-bond acceptors (Lipinski definition) is 6. The third-order valence-electron chi connectivity index (χ3n) is 11.0. The zero-order valence-electron chi connectivity index (χ0n) is 24.9. The Morgan fingerprint density at radius 1 is 1.14 bits per heavy atom. The number of methoxy groups -OCH3 is 1. The van der Waals surface area contributed by atoms with Crippen molar-refractivity contribution >= 4 is 32.7 Å². The van der Waals surface area contributed by atoms with Gasteiger partial charge in [0.05, 0.1) is 28.9 Å². The number of aromatic nitrogens is 1. The SMILES string of the molecule is CCC1(S(=O)(=O)NC(=O)C2=C3Cn4c(cc5c(OC)cccc54)C4C(=C32)C=CC[C@H]4C(=O)N2C3CCC2CN(C)C3)CC1. The Balaban J connectivity index is 1.24. The molecular formula is C33H38N4O5S. The van der Waals surface area contributed by atoms with E-state index in [4.69, 9.17) is 4.74 Å². The molecular weight excluding hydrogens is 564 g/mol. The second-order valence-electron chi connectivity index (χ2n) is 13.3. The number of allylic oxidation sites excluding steroid dienone is 4. The van der Waals surface area contributed by atoms with Crippen LogP contribution in [0.15, 0.2) is 58.7 Å². The topological polar surface area (TPSA) is 101 Å². The zero-order chi connectivity index (χ0) is 29.8. The summed E-state index contributed by atoms with van der Waals surface area (Å²) in [6.45, 7) is 4.09. The average molecular weight is 603 g/mol. The number of nitrogens with one attached hydrogen (secondary N) is 1. The van der Waals surface area contributed by atoms with E-state index >= 15 is 0 Å². The summed E-state index contributed by atoms with van der Waals surface area (Å²) in [6.07, 6.45) is 8.46. The number of amides is 2. The van der Waals surface area contributed by atoms with E-state index in [1.807, 2.05) is 25.1 Å². The van der Waals surface area contributed by atoms with Gasteiger partial charge in [0.25, 0.3) is 5.91 Å². The van der Waals surface area contributed by atoms with Crippen molar-refractivity contribution < 1.29 is 22.7 Å². The van der Waals surface area contributed by atoms with Crippen LogP contribution in [0.2, 0.25) is 0 Å². The minimum Gasteiger partial charge on any atom is -0.496 e. The molecule has 43 heavy (non-hydrogen) atoms. The third kappa shape index (κ3) is 3.88. The van der Waals surface area contributed by atoms with E-state index in [1.165, 1.54) is 0 Å². The molecule has 1 saturated carbocycles. The lowest BCUT2D eigenvalue weighted by Gasteiger charge is -2.43. The van der Waals surface area contributed by atoms with Crippen molar-refractivity contribution in [3.05, 3.63) is 64.4 Å². The molecule has 2 aromatic rings. The number of sulfonamides is 1. The number of benzene rings is 1. The molecule has 3 aliphatic carbocycles. The van der Waals surface area contributed by atoms with Gasteiger partial charge in [0.1, 0.15) is 5.75 Å². The van der Waals surface area contributed by atoms with E-state index in [9.17, 15) is 18.0 Å². The quantitative estimate of drug-likeness (QED) is 0.542. The summed E-state index contributed by atoms with van der Waals surface area (Å²) in [5.74, 6) is -0.164. The molecule has 2 amide bonds. The van der Waals surface area contributed by atoms with Crippen molar-refractivity contribution in [2.75, 3.05) is 27.2 Å². The van der Waals surface area contributed by atoms with Crippen LogP contribution < -0.4 is 9.46 Å². The molecule has 226 valence electrons. The van der Waals surface area contributed by atoms with Gasteiger partial charge >= 0.3 is 0 Å². The lowest BCUT2D eigenvalue weighted by atomic mass is 9.75. The van der Waals surface area contributed by atoms with Crippen molar-refractivity contribution in [2.45, 2.75) is 74.7 Å². The summed E-state index contributed by atoms with van der Waals surface area (Å²) in [4.78, 5) is 32.7. The van der Waals surface area contributed by atoms with E-state index in [2.05, 4.69) is 44.4 Å². The van der Waals surface area contributed by atoms with Gasteiger partial charge < -0.3 is 19.1 Å². The molecule has 0 spiro atoms. The molecule has 2 saturated heterocycles. The molecule has 9 nitrogen and oxygen atoms in total. The molecule has 4 atom stereocenters. The van der Waals surface area contributed by atoms with Crippen LogP contribution in [0, 0.1) is 5.92 Å². The van der Waals surface area contributed by atoms with Crippen LogP contribution >= 0.6 is 0 Å². The molecule has 10 heteroatoms. The standard InChI is InChI=1S/C33H38N4O5S/c1-4-33(13-14-33)43(40,41)34-31(38)30-24-18-36-25-9-6-10-27(42-3)23(25)15-26(36)28-21(29(24)30)7-5-8-22(28)32(39)37-19-11-12-20(37)17-35(2)16-19/h5-7,9-10,15,19-20,22,28H,4,8,11-14,16-18H2,1-3H3,(H,34,38)/t19?,20?,22-,28?/m1/s1. The molecule has 1 N–H and O–H groups in total. The molecule has 1 aromatic heterocycles. The van der Waals surface area contributed by atoms with Crippen LogP contribution in [0.25, 0.3) is 10.9 Å². The summed E-state index contributed by atoms with van der Waals surface area (Å²) in [5, 5.41) is 0.969. The predicted octanol–water partition coefficient (Wildman–Crippen LogP) is 3.62. The first kappa shape index (κ1) is 27.2. The lowest BCUT2D eigenvalue weighted by Crippen LogP contribution is -2.56. The van der Waals surface area contributed by atoms with Crippen molar-refractivity contribution in [1.29, 1.82) is 0 Å². The third-order valence-corrected chi connectivity index (χ3v) is 13.3. The number of nitrogens with zero attached hydrogens (tertiary/aromatic N) is 3. The second-order valence-corrected chi connectivity index (χ2v) is 15.4. The minimum atomic E-state index is -3.79. The van der Waals surface area contributed by atoms with Crippen LogP contribution in [0.1, 0.15) is 57.1 Å². The highest BCUT2D eigenvalue weighted by Crippen LogP contribution is 2.55. The van der Waals surface area contributed by atoms with E-state index in [-0.39, 0.29) is 29.8 Å². The summed E-state index contributed by atoms with van der Waals surface area (Å²) in [6, 6.07) is 8.56. The predicted molar refractivity (Wildman–Crippen MR) is 163 cm³/mol. The molecule has 6 aliphatic rings. The highest BCUT2D eigenvalue weighted by molar-refractivity contribution is 7.91. The number of fused-ring (bicyclic) bond motifs is 8. The maximum absolute atomic E-state index is 14.6. The number of piperazine rings is 1. The fourth-order valence-electron chi connectivity index (χ4n) is 8.55. The fourth-order valence-corrected chi connectivity index (χ4v) is 10.1. The largest absolute Gasteiger partial charge is 0.496 e. The number of hydrogen-bond donors (Lipinski definition) is 1. The monoisotopic (exact) mass is 602 g/mol. The molecule has 3 unspecified atom stereocenters. The summed E-state index contributed by atoms with van der Waals surface area (Å²) in [7, 11) is 0.00686. The Hall–Kier alpha value is -3.37. The Kier molecular flexibility index (Phi) is 5.89. The summed E-state index contributed by atoms with van der Waals surface area (Å²) in [5.41, 5.74) is 5.11. The van der Waals surface area contributed by atoms with Crippen LogP contribution in [0.4, 0.5) is 0 Å². The van der Waals surface area contributed by atoms with Crippen LogP contribution in [-0.4, -0.2) is 78.7 Å². The van der Waals surface area contributed by atoms with Crippen LogP contribution in [0.3, 0.4) is 0 Å². The average Bonchev–Trinajstić information content (AvgIpc) is 3.88. The maximum Gasteiger partial charge on any atom is 0.265 e. The van der Waals surface area contributed by atoms with Crippen molar-refractivity contribution in [1.82, 2.24) is 19.1 Å². The summed E-state index contributed by atoms with van der Waals surface area (Å²) >= 11 is 0. The van der Waals surface area contributed by atoms with Gasteiger partial charge in [0.2, 0.25) is 15.9 Å². The lowest BCUT2D eigenvalue weighted by molar-refractivity contribution is -0.141. The van der Waals surface area contributed by atoms with Gasteiger partial charge in [-0.2, -0.15) is 0 Å². The number of carbonyl (C=O) groups excluding carboxylic acids is 2. The van der Waals surface area contributed by atoms with E-state index in [0.717, 1.165) is 65.0 Å². The van der Waals surface area contributed by atoms with Gasteiger partial charge in [-0.1, -0.05) is 25.1 Å². The van der Waals surface area contributed by atoms with Gasteiger partial charge in [-0.15, -0.1) is 0 Å². The zero-order valence-corrected chi connectivity index (χ0v) is 25.7. The van der Waals surface area contributed by atoms with Gasteiger partial charge in [-0.25, -0.2) is 13.1 Å². The number of likely N-dealkylation sites (N-methyl/N-ethyl adjacent to an activating group) is 1. The first-order chi connectivity index (χ1) is 20.7. The maximum atomic E-state index is 14.6. The van der Waals surface area contributed by atoms with Gasteiger partial charge in [-0.3, -0.25) is 9.59 Å². The molecule has 3 fully saturated rings. The number of carbonyl (C=O) groups is 2. The molecule has 0 radical (unpaired) electrons. The Labute approximate surface area is 252 Å². The Morgan fingerprint density at radius 2 is 1.88 bits per heavy atom. The van der Waals surface area contributed by atoms with E-state index in [0.29, 0.717) is 37.8 Å². The first-order valence-electron chi connectivity index (χ1n) is 15.6. The molecule has 3 aliphatic heterocycles. The Morgan fingerprint density at radius 3 is 2.56 bits per heavy atom. The number of ether oxygens (including phenoxy) is 1. The molecule has 4 heterocycles. The molecule has 2 bridgehead atoms. The second kappa shape index (κ2) is 9.32. The van der Waals surface area contributed by atoms with Crippen LogP contribution in [-0.2, 0) is 26.2 Å². The normalized spacial score (nSPS) is 28.8. The van der Waals surface area contributed by atoms with Gasteiger partial charge in [0.15, 0.2) is 0 Å². The number of rotatable bonds is 6. The summed E-state index contributed by atoms with van der Waals surface area (Å²) < 4.78 is 35.9. The highest BCUT2D eigenvalue weighted by Gasteiger charge is 2.55.